The number of aromatic hydroxyl groups is 2. The van der Waals surface area contributed by atoms with E-state index in [4.69, 9.17) is 57.3 Å². The molecular weight excluding hydrogens is 2010 g/mol. The maximum atomic E-state index is 14.6. The maximum Gasteiger partial charge on any atom is 0.246 e. The number of aliphatic imine (C=N–C) groups is 2. The highest BCUT2D eigenvalue weighted by atomic mass is 33.1. The Hall–Kier alpha value is -15.2. The fraction of sp³-hybridized carbons (Fsp3) is 0.478. The van der Waals surface area contributed by atoms with E-state index in [0.29, 0.717) is 35.1 Å². The van der Waals surface area contributed by atoms with E-state index >= 15 is 0 Å². The zero-order valence-electron chi connectivity index (χ0n) is 80.8. The lowest BCUT2D eigenvalue weighted by Gasteiger charge is -2.31. The van der Waals surface area contributed by atoms with Gasteiger partial charge in [0.15, 0.2) is 11.9 Å². The van der Waals surface area contributed by atoms with Crippen LogP contribution >= 0.6 is 43.2 Å². The third kappa shape index (κ3) is 42.8. The minimum Gasteiger partial charge on any atom is -0.508 e. The number of benzene rings is 4. The van der Waals surface area contributed by atoms with E-state index in [1.807, 2.05) is 0 Å². The second-order valence-electron chi connectivity index (χ2n) is 34.7. The van der Waals surface area contributed by atoms with Crippen LogP contribution in [0.5, 0.6) is 11.5 Å². The van der Waals surface area contributed by atoms with Gasteiger partial charge in [0.25, 0.3) is 0 Å². The van der Waals surface area contributed by atoms with Crippen molar-refractivity contribution in [1.29, 1.82) is 0 Å². The Morgan fingerprint density at radius 2 is 0.669 bits per heavy atom. The number of carbonyl (C=O) groups is 22. The third-order valence-corrected chi connectivity index (χ3v) is 27.8. The highest BCUT2D eigenvalue weighted by molar-refractivity contribution is 8.77. The molecule has 52 nitrogen and oxygen atoms in total. The van der Waals surface area contributed by atoms with Crippen molar-refractivity contribution in [2.45, 2.75) is 213 Å². The van der Waals surface area contributed by atoms with Gasteiger partial charge >= 0.3 is 0 Å². The van der Waals surface area contributed by atoms with Gasteiger partial charge in [0, 0.05) is 101 Å². The molecule has 804 valence electrons. The molecular formula is C92H128N28O24S4. The van der Waals surface area contributed by atoms with Crippen molar-refractivity contribution in [3.63, 3.8) is 0 Å². The summed E-state index contributed by atoms with van der Waals surface area (Å²) in [6, 6.07) is 9.03. The largest absolute Gasteiger partial charge is 0.508 e. The van der Waals surface area contributed by atoms with Crippen LogP contribution in [0.1, 0.15) is 125 Å². The van der Waals surface area contributed by atoms with Gasteiger partial charge in [-0.2, -0.15) is 0 Å². The molecule has 4 aromatic rings. The van der Waals surface area contributed by atoms with Gasteiger partial charge in [-0.15, -0.1) is 0 Å². The molecule has 0 spiro atoms. The summed E-state index contributed by atoms with van der Waals surface area (Å²) in [6.07, 6.45) is -2.68. The van der Waals surface area contributed by atoms with Crippen LogP contribution in [0.4, 0.5) is 0 Å². The fourth-order valence-electron chi connectivity index (χ4n) is 15.6. The van der Waals surface area contributed by atoms with Gasteiger partial charge in [-0.3, -0.25) is 115 Å². The average molecular weight is 2140 g/mol. The SMILES string of the molecule is NC(=O)CC[C@@H]1NC(=O)[C@H](Cc2ccccc2)NC(=O)[C@H](Cc2ccc(O)cc2)NC(=O)CCSSC[C@@H](C(=O)N2CCC[C@H]2C(=O)N[C@@H](CCCN=C(N)N)C(=O)NCC(N)=O)NC(=O)[C@H](CC(N)=O)NC1=O.NC(=O)CC[C@@H]1NC(=O)[C@H](Cc2ccccc2)NC(=O)[C@H](Cc2ccc(O)cc2)NC(=O)CCSSC[C@@H](C(=O)N2CCC[C@H]2C(=O)N[C@@H](CCCN=C(N)N)C(=O)NCC(N)=O)NC(=O)[C@H](CC(N)=O)NC1=O. The molecule has 0 aromatic heterocycles. The minimum atomic E-state index is -1.77. The van der Waals surface area contributed by atoms with Crippen LogP contribution in [0, 0.1) is 0 Å². The molecule has 4 fully saturated rings. The highest BCUT2D eigenvalue weighted by Gasteiger charge is 2.44. The topological polar surface area (TPSA) is 876 Å². The molecule has 14 atom stereocenters. The van der Waals surface area contributed by atoms with E-state index in [0.717, 1.165) is 43.2 Å². The number of hydrogen-bond donors (Lipinski definition) is 26. The number of carbonyl (C=O) groups excluding carboxylic acids is 22. The van der Waals surface area contributed by atoms with Gasteiger partial charge in [-0.05, 0) is 111 Å². The fourth-order valence-corrected chi connectivity index (χ4v) is 19.9. The van der Waals surface area contributed by atoms with Gasteiger partial charge in [0.05, 0.1) is 25.9 Å². The molecule has 0 radical (unpaired) electrons. The van der Waals surface area contributed by atoms with E-state index < -0.39 is 266 Å². The molecule has 4 heterocycles. The van der Waals surface area contributed by atoms with Crippen molar-refractivity contribution in [3.05, 3.63) is 131 Å². The average Bonchev–Trinajstić information content (AvgIpc) is 1.67. The van der Waals surface area contributed by atoms with Crippen molar-refractivity contribution < 1.29 is 116 Å². The summed E-state index contributed by atoms with van der Waals surface area (Å²) in [6.45, 7) is -0.803. The van der Waals surface area contributed by atoms with E-state index in [9.17, 15) is 116 Å². The van der Waals surface area contributed by atoms with Gasteiger partial charge in [0.2, 0.25) is 130 Å². The first kappa shape index (κ1) is 120. The van der Waals surface area contributed by atoms with E-state index in [-0.39, 0.29) is 150 Å². The number of rotatable bonds is 38. The van der Waals surface area contributed by atoms with Crippen LogP contribution in [0.2, 0.25) is 0 Å². The Kier molecular flexibility index (Phi) is 50.1. The van der Waals surface area contributed by atoms with Crippen molar-refractivity contribution in [1.82, 2.24) is 84.2 Å². The number of likely N-dealkylation sites (tertiary alicyclic amines) is 2. The standard InChI is InChI=1S/2C46H64N14O12S2/c2*47-35(62)15-14-29-40(67)58-32(22-36(48)63)43(70)59-33(45(72)60-18-5-9-34(60)44(71)56-28(8-4-17-52-46(50)51)39(66)53-23-37(49)64)24-74-73-19-16-38(65)54-30(21-26-10-12-27(61)13-11-26)41(68)57-31(42(69)55-29)20-25-6-2-1-3-7-25/h2*1-3,6-7,10-13,28-34,61H,4-5,8-9,14-24H2,(H2,47,62)(H2,48,63)(H2,49,64)(H,53,66)(H,54,65)(H,55,69)(H,56,71)(H,57,68)(H,58,67)(H,59,70)(H4,50,51,52)/t2*28-,29-,30-,31-,32-,33-,34-/m00/s1. The second-order valence-corrected chi connectivity index (χ2v) is 39.9. The monoisotopic (exact) mass is 2140 g/mol. The van der Waals surface area contributed by atoms with Crippen molar-refractivity contribution in [2.24, 2.45) is 67.3 Å². The van der Waals surface area contributed by atoms with Gasteiger partial charge in [-0.25, -0.2) is 0 Å². The Morgan fingerprint density at radius 3 is 0.986 bits per heavy atom. The lowest BCUT2D eigenvalue weighted by molar-refractivity contribution is -0.142. The number of nitrogens with zero attached hydrogens (tertiary/aromatic N) is 4. The van der Waals surface area contributed by atoms with Gasteiger partial charge < -0.3 is 152 Å². The van der Waals surface area contributed by atoms with Crippen LogP contribution in [-0.4, -0.2) is 309 Å². The Morgan fingerprint density at radius 1 is 0.365 bits per heavy atom. The van der Waals surface area contributed by atoms with E-state index in [1.54, 1.807) is 84.9 Å². The Balaban J connectivity index is 0.000000401. The van der Waals surface area contributed by atoms with Crippen molar-refractivity contribution in [2.75, 3.05) is 62.3 Å². The smallest absolute Gasteiger partial charge is 0.246 e. The minimum absolute atomic E-state index is 0.0128. The zero-order chi connectivity index (χ0) is 109. The molecule has 36 N–H and O–H groups in total. The molecule has 4 aliphatic heterocycles. The Bertz CT molecular complexity index is 5080. The molecule has 0 unspecified atom stereocenters. The molecule has 0 saturated carbocycles. The molecule has 148 heavy (non-hydrogen) atoms. The van der Waals surface area contributed by atoms with Crippen LogP contribution < -0.4 is 132 Å². The number of guanidine groups is 2. The summed E-state index contributed by atoms with van der Waals surface area (Å²) in [5.41, 5.74) is 56.3. The third-order valence-electron chi connectivity index (χ3n) is 23.0. The molecule has 56 heteroatoms. The molecule has 4 aliphatic rings. The summed E-state index contributed by atoms with van der Waals surface area (Å²) in [4.78, 5) is 306. The first-order valence-electron chi connectivity index (χ1n) is 47.1. The summed E-state index contributed by atoms with van der Waals surface area (Å²) >= 11 is 0. The first-order chi connectivity index (χ1) is 70.4. The number of hydrogen-bond acceptors (Lipinski definition) is 30. The van der Waals surface area contributed by atoms with Crippen molar-refractivity contribution >= 4 is 185 Å². The molecule has 4 aromatic carbocycles. The van der Waals surface area contributed by atoms with E-state index in [2.05, 4.69) is 84.4 Å². The van der Waals surface area contributed by atoms with Gasteiger partial charge in [-0.1, -0.05) is 128 Å². The number of amides is 22. The Labute approximate surface area is 865 Å². The van der Waals surface area contributed by atoms with Crippen LogP contribution in [0.15, 0.2) is 119 Å². The summed E-state index contributed by atoms with van der Waals surface area (Å²) in [5, 5.41) is 55.6. The molecule has 0 aliphatic carbocycles. The van der Waals surface area contributed by atoms with Crippen LogP contribution in [-0.2, 0) is 131 Å². The molecule has 0 bridgehead atoms. The molecule has 22 amide bonds. The predicted molar refractivity (Wildman–Crippen MR) is 544 cm³/mol. The summed E-state index contributed by atoms with van der Waals surface area (Å²) in [5.74, 6) is -19.5. The molecule has 8 rings (SSSR count). The van der Waals surface area contributed by atoms with E-state index in [1.165, 1.54) is 34.1 Å². The maximum absolute atomic E-state index is 14.6. The molecule has 4 saturated heterocycles. The number of nitrogens with one attached hydrogen (secondary N) is 14. The van der Waals surface area contributed by atoms with Crippen molar-refractivity contribution in [3.8, 4) is 11.5 Å². The first-order valence-corrected chi connectivity index (χ1v) is 52.1. The van der Waals surface area contributed by atoms with Crippen LogP contribution in [0.25, 0.3) is 0 Å². The number of nitrogens with two attached hydrogens (primary N) is 10. The second kappa shape index (κ2) is 61.9. The number of primary amides is 6. The number of phenols is 2. The lowest BCUT2D eigenvalue weighted by Crippen LogP contribution is -2.61. The number of phenolic OH excluding ortho intramolecular Hbond substituents is 2. The zero-order valence-corrected chi connectivity index (χ0v) is 84.0. The highest BCUT2D eigenvalue weighted by Crippen LogP contribution is 2.29. The lowest BCUT2D eigenvalue weighted by atomic mass is 10.0. The summed E-state index contributed by atoms with van der Waals surface area (Å²) < 4.78 is 0. The quantitative estimate of drug-likeness (QED) is 0.00857. The van der Waals surface area contributed by atoms with Crippen LogP contribution in [0.3, 0.4) is 0 Å². The normalized spacial score (nSPS) is 21.7. The predicted octanol–water partition coefficient (Wildman–Crippen LogP) is -8.68. The van der Waals surface area contributed by atoms with Gasteiger partial charge in [0.1, 0.15) is 96.1 Å². The summed E-state index contributed by atoms with van der Waals surface area (Å²) in [7, 11) is 4.37.